The molecule has 2 atom stereocenters. The molecule has 0 unspecified atom stereocenters. The highest BCUT2D eigenvalue weighted by atomic mass is 16.6. The van der Waals surface area contributed by atoms with Crippen LogP contribution < -0.4 is 4.74 Å². The molecule has 0 bridgehead atoms. The average molecular weight is 421 g/mol. The van der Waals surface area contributed by atoms with Crippen molar-refractivity contribution in [3.8, 4) is 11.8 Å². The third-order valence-electron chi connectivity index (χ3n) is 5.65. The van der Waals surface area contributed by atoms with Crippen LogP contribution >= 0.6 is 0 Å². The SMILES string of the molecule is COCC1(COC)Oc2ccc(C#N)cc2[C@@H](n2cc(/C=N/O)c3ccccc32)[C@@H]1O. The highest BCUT2D eigenvalue weighted by Crippen LogP contribution is 2.44. The first kappa shape index (κ1) is 20.9. The Bertz CT molecular complexity index is 1160. The van der Waals surface area contributed by atoms with Crippen molar-refractivity contribution in [3.63, 3.8) is 0 Å². The number of aliphatic hydroxyl groups excluding tert-OH is 1. The number of hydrogen-bond donors (Lipinski definition) is 2. The van der Waals surface area contributed by atoms with Gasteiger partial charge in [-0.15, -0.1) is 0 Å². The summed E-state index contributed by atoms with van der Waals surface area (Å²) in [6.07, 6.45) is 2.11. The lowest BCUT2D eigenvalue weighted by Crippen LogP contribution is -2.60. The molecule has 4 rings (SSSR count). The van der Waals surface area contributed by atoms with E-state index in [2.05, 4.69) is 11.2 Å². The molecule has 0 radical (unpaired) electrons. The number of rotatable bonds is 6. The molecule has 2 aromatic carbocycles. The molecule has 0 amide bonds. The van der Waals surface area contributed by atoms with Crippen LogP contribution in [-0.2, 0) is 9.47 Å². The summed E-state index contributed by atoms with van der Waals surface area (Å²) in [5, 5.41) is 34.2. The monoisotopic (exact) mass is 421 g/mol. The summed E-state index contributed by atoms with van der Waals surface area (Å²) in [7, 11) is 3.08. The van der Waals surface area contributed by atoms with E-state index in [0.717, 1.165) is 10.9 Å². The van der Waals surface area contributed by atoms with Gasteiger partial charge in [0.2, 0.25) is 0 Å². The standard InChI is InChI=1S/C23H23N3O5/c1-29-13-23(14-30-2)22(27)21(18-9-15(10-24)7-8-20(18)31-23)26-12-16(11-25-28)17-5-3-4-6-19(17)26/h3-9,11-12,21-22,27-28H,13-14H2,1-2H3/b25-11+/t21-,22+/m1/s1. The maximum Gasteiger partial charge on any atom is 0.183 e. The fraction of sp³-hybridized carbons (Fsp3) is 0.304. The number of methoxy groups -OCH3 is 2. The Balaban J connectivity index is 2.00. The Morgan fingerprint density at radius 2 is 1.97 bits per heavy atom. The molecule has 1 aromatic heterocycles. The first-order valence-electron chi connectivity index (χ1n) is 9.74. The van der Waals surface area contributed by atoms with Crippen molar-refractivity contribution in [1.29, 1.82) is 5.26 Å². The molecule has 0 spiro atoms. The number of aliphatic hydroxyl groups is 1. The van der Waals surface area contributed by atoms with E-state index in [1.165, 1.54) is 20.4 Å². The number of nitriles is 1. The van der Waals surface area contributed by atoms with Gasteiger partial charge in [0.15, 0.2) is 5.60 Å². The van der Waals surface area contributed by atoms with Crippen LogP contribution in [0.4, 0.5) is 0 Å². The molecule has 2 heterocycles. The molecule has 1 aliphatic heterocycles. The van der Waals surface area contributed by atoms with Crippen LogP contribution in [0.15, 0.2) is 53.8 Å². The molecule has 0 aliphatic carbocycles. The van der Waals surface area contributed by atoms with E-state index in [4.69, 9.17) is 19.4 Å². The van der Waals surface area contributed by atoms with E-state index < -0.39 is 17.7 Å². The predicted molar refractivity (Wildman–Crippen MR) is 114 cm³/mol. The molecule has 160 valence electrons. The minimum Gasteiger partial charge on any atom is -0.479 e. The molecule has 1 aliphatic rings. The zero-order valence-corrected chi connectivity index (χ0v) is 17.2. The molecule has 8 nitrogen and oxygen atoms in total. The number of nitrogens with zero attached hydrogens (tertiary/aromatic N) is 3. The van der Waals surface area contributed by atoms with Crippen LogP contribution in [-0.4, -0.2) is 60.2 Å². The van der Waals surface area contributed by atoms with Crippen LogP contribution in [0.25, 0.3) is 10.9 Å². The number of ether oxygens (including phenoxy) is 3. The van der Waals surface area contributed by atoms with Crippen LogP contribution in [0.1, 0.15) is 22.7 Å². The smallest absolute Gasteiger partial charge is 0.183 e. The summed E-state index contributed by atoms with van der Waals surface area (Å²) in [5.74, 6) is 0.540. The van der Waals surface area contributed by atoms with Crippen LogP contribution in [0, 0.1) is 11.3 Å². The van der Waals surface area contributed by atoms with Gasteiger partial charge in [-0.2, -0.15) is 5.26 Å². The van der Waals surface area contributed by atoms with Crippen LogP contribution in [0.2, 0.25) is 0 Å². The fourth-order valence-corrected chi connectivity index (χ4v) is 4.37. The Morgan fingerprint density at radius 3 is 2.65 bits per heavy atom. The van der Waals surface area contributed by atoms with Crippen molar-refractivity contribution in [1.82, 2.24) is 4.57 Å². The predicted octanol–water partition coefficient (Wildman–Crippen LogP) is 2.70. The van der Waals surface area contributed by atoms with Gasteiger partial charge in [-0.25, -0.2) is 0 Å². The average Bonchev–Trinajstić information content (AvgIpc) is 3.13. The van der Waals surface area contributed by atoms with Crippen molar-refractivity contribution >= 4 is 17.1 Å². The molecule has 0 saturated carbocycles. The topological polar surface area (TPSA) is 109 Å². The Morgan fingerprint density at radius 1 is 1.23 bits per heavy atom. The third kappa shape index (κ3) is 3.43. The third-order valence-corrected chi connectivity index (χ3v) is 5.65. The van der Waals surface area contributed by atoms with Crippen molar-refractivity contribution in [2.24, 2.45) is 5.16 Å². The normalized spacial score (nSPS) is 19.8. The highest BCUT2D eigenvalue weighted by molar-refractivity contribution is 5.99. The summed E-state index contributed by atoms with van der Waals surface area (Å²) in [6.45, 7) is 0.199. The van der Waals surface area contributed by atoms with Gasteiger partial charge < -0.3 is 29.1 Å². The van der Waals surface area contributed by atoms with Crippen LogP contribution in [0.3, 0.4) is 0 Å². The molecule has 0 saturated heterocycles. The number of para-hydroxylation sites is 1. The van der Waals surface area contributed by atoms with Gasteiger partial charge in [-0.05, 0) is 24.3 Å². The quantitative estimate of drug-likeness (QED) is 0.360. The van der Waals surface area contributed by atoms with Crippen molar-refractivity contribution in [3.05, 3.63) is 65.4 Å². The Kier molecular flexibility index (Phi) is 5.65. The highest BCUT2D eigenvalue weighted by Gasteiger charge is 2.51. The molecule has 2 N–H and O–H groups in total. The number of hydrogen-bond acceptors (Lipinski definition) is 7. The maximum atomic E-state index is 11.6. The van der Waals surface area contributed by atoms with Crippen LogP contribution in [0.5, 0.6) is 5.75 Å². The lowest BCUT2D eigenvalue weighted by molar-refractivity contribution is -0.147. The van der Waals surface area contributed by atoms with Gasteiger partial charge >= 0.3 is 0 Å². The second kappa shape index (κ2) is 8.40. The van der Waals surface area contributed by atoms with E-state index in [0.29, 0.717) is 22.4 Å². The second-order valence-corrected chi connectivity index (χ2v) is 7.54. The van der Waals surface area contributed by atoms with Gasteiger partial charge in [0.1, 0.15) is 11.9 Å². The second-order valence-electron chi connectivity index (χ2n) is 7.54. The van der Waals surface area contributed by atoms with Gasteiger partial charge in [0.05, 0.1) is 37.1 Å². The molecule has 8 heteroatoms. The van der Waals surface area contributed by atoms with E-state index in [-0.39, 0.29) is 13.2 Å². The van der Waals surface area contributed by atoms with Gasteiger partial charge in [0, 0.05) is 42.4 Å². The first-order valence-corrected chi connectivity index (χ1v) is 9.74. The number of fused-ring (bicyclic) bond motifs is 2. The summed E-state index contributed by atoms with van der Waals surface area (Å²) in [4.78, 5) is 0. The minimum atomic E-state index is -1.16. The van der Waals surface area contributed by atoms with E-state index in [1.54, 1.807) is 18.2 Å². The summed E-state index contributed by atoms with van der Waals surface area (Å²) in [5.41, 5.74) is 1.49. The summed E-state index contributed by atoms with van der Waals surface area (Å²) >= 11 is 0. The van der Waals surface area contributed by atoms with Crippen molar-refractivity contribution in [2.45, 2.75) is 17.7 Å². The number of benzene rings is 2. The molecule has 0 fully saturated rings. The Labute approximate surface area is 179 Å². The summed E-state index contributed by atoms with van der Waals surface area (Å²) in [6, 6.07) is 14.3. The van der Waals surface area contributed by atoms with E-state index >= 15 is 0 Å². The minimum absolute atomic E-state index is 0.0993. The lowest BCUT2D eigenvalue weighted by atomic mass is 9.84. The van der Waals surface area contributed by atoms with E-state index in [9.17, 15) is 10.4 Å². The first-order chi connectivity index (χ1) is 15.1. The van der Waals surface area contributed by atoms with Gasteiger partial charge in [0.25, 0.3) is 0 Å². The molecular weight excluding hydrogens is 398 g/mol. The zero-order chi connectivity index (χ0) is 22.0. The van der Waals surface area contributed by atoms with E-state index in [1.807, 2.05) is 35.0 Å². The number of aromatic nitrogens is 1. The van der Waals surface area contributed by atoms with Crippen molar-refractivity contribution in [2.75, 3.05) is 27.4 Å². The Hall–Kier alpha value is -3.38. The number of oxime groups is 1. The van der Waals surface area contributed by atoms with Gasteiger partial charge in [-0.3, -0.25) is 0 Å². The fourth-order valence-electron chi connectivity index (χ4n) is 4.37. The lowest BCUT2D eigenvalue weighted by Gasteiger charge is -2.46. The maximum absolute atomic E-state index is 11.6. The van der Waals surface area contributed by atoms with Gasteiger partial charge in [-0.1, -0.05) is 23.4 Å². The molecule has 3 aromatic rings. The molecular formula is C23H23N3O5. The van der Waals surface area contributed by atoms with Crippen molar-refractivity contribution < 1.29 is 24.5 Å². The largest absolute Gasteiger partial charge is 0.479 e. The molecule has 31 heavy (non-hydrogen) atoms. The zero-order valence-electron chi connectivity index (χ0n) is 17.2. The summed E-state index contributed by atoms with van der Waals surface area (Å²) < 4.78 is 19.0.